The summed E-state index contributed by atoms with van der Waals surface area (Å²) in [5.41, 5.74) is 0.306. The smallest absolute Gasteiger partial charge is 0.243 e. The maximum atomic E-state index is 11.5. The fraction of sp³-hybridized carbons (Fsp3) is 0.444. The molecular weight excluding hydrogens is 168 g/mol. The van der Waals surface area contributed by atoms with Gasteiger partial charge in [-0.1, -0.05) is 13.8 Å². The Kier molecular flexibility index (Phi) is 2.95. The van der Waals surface area contributed by atoms with Gasteiger partial charge >= 0.3 is 0 Å². The summed E-state index contributed by atoms with van der Waals surface area (Å²) in [4.78, 5) is 19.4. The molecule has 0 saturated heterocycles. The summed E-state index contributed by atoms with van der Waals surface area (Å²) >= 11 is 0. The number of carbonyl (C=O) groups excluding carboxylic acids is 1. The fourth-order valence-electron chi connectivity index (χ4n) is 0.917. The molecule has 4 heteroatoms. The van der Waals surface area contributed by atoms with E-state index in [1.54, 1.807) is 0 Å². The van der Waals surface area contributed by atoms with Crippen LogP contribution in [0.2, 0.25) is 0 Å². The van der Waals surface area contributed by atoms with Gasteiger partial charge in [-0.05, 0) is 0 Å². The van der Waals surface area contributed by atoms with Gasteiger partial charge in [-0.25, -0.2) is 9.97 Å². The number of methoxy groups -OCH3 is 1. The standard InChI is InChI=1S/C9H12N2O2/c1-6(2)8(12)7-9(13-3)11-5-4-10-7/h4-6H,1-3H3. The van der Waals surface area contributed by atoms with E-state index in [4.69, 9.17) is 4.74 Å². The predicted octanol–water partition coefficient (Wildman–Crippen LogP) is 1.32. The van der Waals surface area contributed by atoms with Crippen LogP contribution in [0, 0.1) is 5.92 Å². The third-order valence-electron chi connectivity index (χ3n) is 1.62. The van der Waals surface area contributed by atoms with Crippen LogP contribution in [-0.4, -0.2) is 22.9 Å². The Balaban J connectivity index is 3.06. The predicted molar refractivity (Wildman–Crippen MR) is 47.8 cm³/mol. The summed E-state index contributed by atoms with van der Waals surface area (Å²) < 4.78 is 4.92. The van der Waals surface area contributed by atoms with Crippen LogP contribution < -0.4 is 4.74 Å². The Morgan fingerprint density at radius 1 is 1.38 bits per heavy atom. The summed E-state index contributed by atoms with van der Waals surface area (Å²) in [7, 11) is 1.47. The van der Waals surface area contributed by atoms with Crippen molar-refractivity contribution in [2.75, 3.05) is 7.11 Å². The minimum absolute atomic E-state index is 0.0510. The molecule has 1 aromatic rings. The Bertz CT molecular complexity index is 310. The summed E-state index contributed by atoms with van der Waals surface area (Å²) in [6.07, 6.45) is 2.98. The molecular formula is C9H12N2O2. The molecule has 0 N–H and O–H groups in total. The van der Waals surface area contributed by atoms with Crippen molar-refractivity contribution >= 4 is 5.78 Å². The van der Waals surface area contributed by atoms with E-state index >= 15 is 0 Å². The van der Waals surface area contributed by atoms with Gasteiger partial charge in [-0.3, -0.25) is 4.79 Å². The quantitative estimate of drug-likeness (QED) is 0.658. The molecule has 4 nitrogen and oxygen atoms in total. The van der Waals surface area contributed by atoms with Crippen LogP contribution in [0.3, 0.4) is 0 Å². The Morgan fingerprint density at radius 2 is 2.00 bits per heavy atom. The Morgan fingerprint density at radius 3 is 2.54 bits per heavy atom. The first-order valence-electron chi connectivity index (χ1n) is 4.06. The van der Waals surface area contributed by atoms with Crippen LogP contribution in [0.15, 0.2) is 12.4 Å². The maximum absolute atomic E-state index is 11.5. The van der Waals surface area contributed by atoms with Gasteiger partial charge < -0.3 is 4.74 Å². The third kappa shape index (κ3) is 2.02. The molecule has 0 atom stereocenters. The van der Waals surface area contributed by atoms with E-state index in [0.717, 1.165) is 0 Å². The second-order valence-electron chi connectivity index (χ2n) is 2.93. The van der Waals surface area contributed by atoms with Crippen molar-refractivity contribution in [1.82, 2.24) is 9.97 Å². The molecule has 0 aromatic carbocycles. The van der Waals surface area contributed by atoms with Crippen LogP contribution in [0.25, 0.3) is 0 Å². The molecule has 0 aliphatic heterocycles. The lowest BCUT2D eigenvalue weighted by Crippen LogP contribution is -2.11. The molecule has 0 saturated carbocycles. The summed E-state index contributed by atoms with van der Waals surface area (Å²) in [6, 6.07) is 0. The lowest BCUT2D eigenvalue weighted by Gasteiger charge is -2.06. The molecule has 1 rings (SSSR count). The van der Waals surface area contributed by atoms with Gasteiger partial charge in [0.15, 0.2) is 11.5 Å². The van der Waals surface area contributed by atoms with E-state index in [0.29, 0.717) is 11.6 Å². The maximum Gasteiger partial charge on any atom is 0.243 e. The molecule has 0 amide bonds. The number of Topliss-reactive ketones (excluding diaryl/α,β-unsaturated/α-hetero) is 1. The monoisotopic (exact) mass is 180 g/mol. The summed E-state index contributed by atoms with van der Waals surface area (Å²) in [5.74, 6) is 0.150. The van der Waals surface area contributed by atoms with Crippen molar-refractivity contribution in [2.24, 2.45) is 5.92 Å². The molecule has 1 heterocycles. The van der Waals surface area contributed by atoms with Crippen molar-refractivity contribution in [3.8, 4) is 5.88 Å². The van der Waals surface area contributed by atoms with Crippen molar-refractivity contribution in [1.29, 1.82) is 0 Å². The van der Waals surface area contributed by atoms with Crippen molar-refractivity contribution < 1.29 is 9.53 Å². The van der Waals surface area contributed by atoms with Crippen LogP contribution in [0.5, 0.6) is 5.88 Å². The number of hydrogen-bond acceptors (Lipinski definition) is 4. The topological polar surface area (TPSA) is 52.1 Å². The molecule has 0 spiro atoms. The first kappa shape index (κ1) is 9.64. The highest BCUT2D eigenvalue weighted by Crippen LogP contribution is 2.14. The summed E-state index contributed by atoms with van der Waals surface area (Å²) in [5, 5.41) is 0. The average molecular weight is 180 g/mol. The highest BCUT2D eigenvalue weighted by atomic mass is 16.5. The number of hydrogen-bond donors (Lipinski definition) is 0. The Hall–Kier alpha value is -1.45. The minimum Gasteiger partial charge on any atom is -0.479 e. The lowest BCUT2D eigenvalue weighted by atomic mass is 10.1. The minimum atomic E-state index is -0.0920. The van der Waals surface area contributed by atoms with Gasteiger partial charge in [-0.2, -0.15) is 0 Å². The van der Waals surface area contributed by atoms with Gasteiger partial charge in [0.25, 0.3) is 0 Å². The largest absolute Gasteiger partial charge is 0.479 e. The first-order chi connectivity index (χ1) is 6.16. The number of nitrogens with zero attached hydrogens (tertiary/aromatic N) is 2. The fourth-order valence-corrected chi connectivity index (χ4v) is 0.917. The molecule has 0 bridgehead atoms. The zero-order chi connectivity index (χ0) is 9.84. The number of carbonyl (C=O) groups is 1. The van der Waals surface area contributed by atoms with Gasteiger partial charge in [0.2, 0.25) is 5.88 Å². The van der Waals surface area contributed by atoms with Gasteiger partial charge in [0.1, 0.15) is 0 Å². The van der Waals surface area contributed by atoms with E-state index < -0.39 is 0 Å². The lowest BCUT2D eigenvalue weighted by molar-refractivity contribution is 0.0930. The number of aromatic nitrogens is 2. The zero-order valence-electron chi connectivity index (χ0n) is 7.94. The highest BCUT2D eigenvalue weighted by Gasteiger charge is 2.17. The molecule has 0 aliphatic rings. The van der Waals surface area contributed by atoms with Crippen LogP contribution in [-0.2, 0) is 0 Å². The number of ether oxygens (including phenoxy) is 1. The Labute approximate surface area is 77.0 Å². The van der Waals surface area contributed by atoms with Gasteiger partial charge in [0, 0.05) is 18.3 Å². The molecule has 13 heavy (non-hydrogen) atoms. The number of rotatable bonds is 3. The van der Waals surface area contributed by atoms with E-state index in [1.807, 2.05) is 13.8 Å². The average Bonchev–Trinajstić information content (AvgIpc) is 2.16. The van der Waals surface area contributed by atoms with Crippen LogP contribution in [0.1, 0.15) is 24.3 Å². The SMILES string of the molecule is COc1nccnc1C(=O)C(C)C. The van der Waals surface area contributed by atoms with Gasteiger partial charge in [0.05, 0.1) is 7.11 Å². The van der Waals surface area contributed by atoms with E-state index in [1.165, 1.54) is 19.5 Å². The first-order valence-corrected chi connectivity index (χ1v) is 4.06. The molecule has 0 unspecified atom stereocenters. The molecule has 0 fully saturated rings. The summed E-state index contributed by atoms with van der Waals surface area (Å²) in [6.45, 7) is 3.63. The van der Waals surface area contributed by atoms with Crippen molar-refractivity contribution in [2.45, 2.75) is 13.8 Å². The van der Waals surface area contributed by atoms with Crippen molar-refractivity contribution in [3.63, 3.8) is 0 Å². The number of ketones is 1. The molecule has 0 radical (unpaired) electrons. The zero-order valence-corrected chi connectivity index (χ0v) is 7.94. The normalized spacial score (nSPS) is 10.2. The van der Waals surface area contributed by atoms with Crippen molar-refractivity contribution in [3.05, 3.63) is 18.1 Å². The molecule has 70 valence electrons. The van der Waals surface area contributed by atoms with E-state index in [2.05, 4.69) is 9.97 Å². The third-order valence-corrected chi connectivity index (χ3v) is 1.62. The highest BCUT2D eigenvalue weighted by molar-refractivity contribution is 5.97. The van der Waals surface area contributed by atoms with Gasteiger partial charge in [-0.15, -0.1) is 0 Å². The van der Waals surface area contributed by atoms with Crippen LogP contribution >= 0.6 is 0 Å². The molecule has 1 aromatic heterocycles. The van der Waals surface area contributed by atoms with E-state index in [-0.39, 0.29) is 11.7 Å². The molecule has 0 aliphatic carbocycles. The van der Waals surface area contributed by atoms with Crippen LogP contribution in [0.4, 0.5) is 0 Å². The second kappa shape index (κ2) is 3.98. The van der Waals surface area contributed by atoms with E-state index in [9.17, 15) is 4.79 Å². The second-order valence-corrected chi connectivity index (χ2v) is 2.93.